The molecule has 0 aliphatic carbocycles. The summed E-state index contributed by atoms with van der Waals surface area (Å²) in [5.74, 6) is 0.573. The second kappa shape index (κ2) is 7.10. The predicted octanol–water partition coefficient (Wildman–Crippen LogP) is 2.17. The third kappa shape index (κ3) is 3.53. The average Bonchev–Trinajstić information content (AvgIpc) is 2.56. The van der Waals surface area contributed by atoms with Crippen molar-refractivity contribution in [3.63, 3.8) is 0 Å². The lowest BCUT2D eigenvalue weighted by Crippen LogP contribution is -2.31. The molecule has 5 nitrogen and oxygen atoms in total. The molecule has 6 heteroatoms. The molecular weight excluding hydrogens is 271 g/mol. The molecule has 0 amide bonds. The Labute approximate surface area is 123 Å². The zero-order valence-electron chi connectivity index (χ0n) is 12.1. The molecule has 0 bridgehead atoms. The Balaban J connectivity index is 2.21. The summed E-state index contributed by atoms with van der Waals surface area (Å²) in [5, 5.41) is 2.87. The van der Waals surface area contributed by atoms with E-state index in [1.165, 1.54) is 7.11 Å². The number of anilines is 1. The topological polar surface area (TPSA) is 73.1 Å². The highest BCUT2D eigenvalue weighted by Gasteiger charge is 2.19. The third-order valence-electron chi connectivity index (χ3n) is 3.27. The van der Waals surface area contributed by atoms with Crippen molar-refractivity contribution < 1.29 is 9.13 Å². The van der Waals surface area contributed by atoms with Crippen LogP contribution in [-0.2, 0) is 4.74 Å². The van der Waals surface area contributed by atoms with Crippen molar-refractivity contribution in [2.45, 2.75) is 12.1 Å². The van der Waals surface area contributed by atoms with Crippen molar-refractivity contribution in [1.82, 2.24) is 9.97 Å². The number of methoxy groups -OCH3 is 1. The van der Waals surface area contributed by atoms with Crippen LogP contribution in [0.25, 0.3) is 11.1 Å². The minimum absolute atomic E-state index is 0.452. The van der Waals surface area contributed by atoms with E-state index in [2.05, 4.69) is 15.3 Å². The Kier molecular flexibility index (Phi) is 5.19. The standard InChI is InChI=1S/C15H19FN4O/c1-18-15-19-8-12(9-20-15)10-3-5-11(6-4-10)14(21-2)13(17)7-16/h3-6,8-9,13-14H,7,17H2,1-2H3,(H,18,19,20)/t13-,14-/m1/s1. The maximum atomic E-state index is 12.7. The second-order valence-corrected chi connectivity index (χ2v) is 4.64. The first-order chi connectivity index (χ1) is 10.2. The van der Waals surface area contributed by atoms with E-state index in [0.717, 1.165) is 16.7 Å². The van der Waals surface area contributed by atoms with Crippen molar-refractivity contribution in [2.24, 2.45) is 5.73 Å². The minimum Gasteiger partial charge on any atom is -0.375 e. The smallest absolute Gasteiger partial charge is 0.222 e. The van der Waals surface area contributed by atoms with E-state index >= 15 is 0 Å². The molecular formula is C15H19FN4O. The Bertz CT molecular complexity index is 559. The Morgan fingerprint density at radius 1 is 1.19 bits per heavy atom. The Hall–Kier alpha value is -2.05. The molecule has 21 heavy (non-hydrogen) atoms. The van der Waals surface area contributed by atoms with Gasteiger partial charge in [-0.25, -0.2) is 14.4 Å². The Morgan fingerprint density at radius 3 is 2.29 bits per heavy atom. The van der Waals surface area contributed by atoms with E-state index in [1.807, 2.05) is 24.3 Å². The van der Waals surface area contributed by atoms with Crippen molar-refractivity contribution in [1.29, 1.82) is 0 Å². The lowest BCUT2D eigenvalue weighted by Gasteiger charge is -2.20. The quantitative estimate of drug-likeness (QED) is 0.853. The molecule has 1 heterocycles. The van der Waals surface area contributed by atoms with Crippen LogP contribution in [0.4, 0.5) is 10.3 Å². The monoisotopic (exact) mass is 290 g/mol. The van der Waals surface area contributed by atoms with Gasteiger partial charge in [0.15, 0.2) is 0 Å². The molecule has 0 radical (unpaired) electrons. The predicted molar refractivity (Wildman–Crippen MR) is 80.7 cm³/mol. The van der Waals surface area contributed by atoms with Gasteiger partial charge in [0.2, 0.25) is 5.95 Å². The largest absolute Gasteiger partial charge is 0.375 e. The first-order valence-corrected chi connectivity index (χ1v) is 6.64. The molecule has 0 saturated carbocycles. The molecule has 0 unspecified atom stereocenters. The summed E-state index contributed by atoms with van der Waals surface area (Å²) >= 11 is 0. The molecule has 0 spiro atoms. The van der Waals surface area contributed by atoms with Gasteiger partial charge in [0.05, 0.1) is 12.1 Å². The highest BCUT2D eigenvalue weighted by atomic mass is 19.1. The Morgan fingerprint density at radius 2 is 1.81 bits per heavy atom. The molecule has 0 aliphatic heterocycles. The summed E-state index contributed by atoms with van der Waals surface area (Å²) in [4.78, 5) is 8.34. The maximum absolute atomic E-state index is 12.7. The van der Waals surface area contributed by atoms with Crippen LogP contribution in [0.3, 0.4) is 0 Å². The molecule has 0 fully saturated rings. The number of hydrogen-bond acceptors (Lipinski definition) is 5. The number of halogens is 1. The number of rotatable bonds is 6. The molecule has 2 atom stereocenters. The zero-order valence-corrected chi connectivity index (χ0v) is 12.1. The number of aromatic nitrogens is 2. The highest BCUT2D eigenvalue weighted by Crippen LogP contribution is 2.24. The van der Waals surface area contributed by atoms with E-state index in [4.69, 9.17) is 10.5 Å². The SMILES string of the molecule is CNc1ncc(-c2ccc([C@@H](OC)[C@H](N)CF)cc2)cn1. The molecule has 0 saturated heterocycles. The first kappa shape index (κ1) is 15.3. The third-order valence-corrected chi connectivity index (χ3v) is 3.27. The van der Waals surface area contributed by atoms with Crippen LogP contribution in [0.2, 0.25) is 0 Å². The summed E-state index contributed by atoms with van der Waals surface area (Å²) in [6.07, 6.45) is 3.04. The van der Waals surface area contributed by atoms with Crippen LogP contribution < -0.4 is 11.1 Å². The van der Waals surface area contributed by atoms with Crippen LogP contribution in [-0.4, -0.2) is 36.8 Å². The maximum Gasteiger partial charge on any atom is 0.222 e. The van der Waals surface area contributed by atoms with Gasteiger partial charge < -0.3 is 15.8 Å². The van der Waals surface area contributed by atoms with E-state index in [-0.39, 0.29) is 0 Å². The van der Waals surface area contributed by atoms with Crippen molar-refractivity contribution in [3.8, 4) is 11.1 Å². The lowest BCUT2D eigenvalue weighted by molar-refractivity contribution is 0.0721. The summed E-state index contributed by atoms with van der Waals surface area (Å²) in [6, 6.07) is 6.93. The molecule has 112 valence electrons. The molecule has 0 aliphatic rings. The van der Waals surface area contributed by atoms with Gasteiger partial charge in [-0.2, -0.15) is 0 Å². The van der Waals surface area contributed by atoms with Crippen LogP contribution in [0.5, 0.6) is 0 Å². The van der Waals surface area contributed by atoms with Crippen LogP contribution in [0.15, 0.2) is 36.7 Å². The number of nitrogens with two attached hydrogens (primary N) is 1. The number of hydrogen-bond donors (Lipinski definition) is 2. The van der Waals surface area contributed by atoms with Gasteiger partial charge in [-0.05, 0) is 11.1 Å². The summed E-state index contributed by atoms with van der Waals surface area (Å²) in [5.41, 5.74) is 8.44. The van der Waals surface area contributed by atoms with Crippen LogP contribution in [0.1, 0.15) is 11.7 Å². The fourth-order valence-corrected chi connectivity index (χ4v) is 2.11. The van der Waals surface area contributed by atoms with E-state index < -0.39 is 18.8 Å². The number of benzene rings is 1. The zero-order chi connectivity index (χ0) is 15.2. The fourth-order valence-electron chi connectivity index (χ4n) is 2.11. The van der Waals surface area contributed by atoms with Gasteiger partial charge in [-0.15, -0.1) is 0 Å². The lowest BCUT2D eigenvalue weighted by atomic mass is 10.0. The van der Waals surface area contributed by atoms with Crippen LogP contribution in [0, 0.1) is 0 Å². The van der Waals surface area contributed by atoms with Crippen molar-refractivity contribution >= 4 is 5.95 Å². The van der Waals surface area contributed by atoms with E-state index in [9.17, 15) is 4.39 Å². The fraction of sp³-hybridized carbons (Fsp3) is 0.333. The summed E-state index contributed by atoms with van der Waals surface area (Å²) in [6.45, 7) is -0.625. The number of nitrogens with one attached hydrogen (secondary N) is 1. The van der Waals surface area contributed by atoms with Crippen molar-refractivity contribution in [2.75, 3.05) is 26.1 Å². The van der Waals surface area contributed by atoms with E-state index in [0.29, 0.717) is 5.95 Å². The first-order valence-electron chi connectivity index (χ1n) is 6.64. The minimum atomic E-state index is -0.668. The number of nitrogens with zero attached hydrogens (tertiary/aromatic N) is 2. The van der Waals surface area contributed by atoms with Gasteiger partial charge in [-0.1, -0.05) is 24.3 Å². The normalized spacial score (nSPS) is 13.7. The summed E-state index contributed by atoms with van der Waals surface area (Å²) < 4.78 is 18.0. The van der Waals surface area contributed by atoms with Gasteiger partial charge in [0, 0.05) is 32.1 Å². The molecule has 2 aromatic rings. The number of ether oxygens (including phenoxy) is 1. The highest BCUT2D eigenvalue weighted by molar-refractivity contribution is 5.62. The van der Waals surface area contributed by atoms with Crippen LogP contribution >= 0.6 is 0 Å². The van der Waals surface area contributed by atoms with E-state index in [1.54, 1.807) is 19.4 Å². The van der Waals surface area contributed by atoms with Gasteiger partial charge >= 0.3 is 0 Å². The van der Waals surface area contributed by atoms with Gasteiger partial charge in [-0.3, -0.25) is 0 Å². The van der Waals surface area contributed by atoms with Gasteiger partial charge in [0.1, 0.15) is 6.67 Å². The summed E-state index contributed by atoms with van der Waals surface area (Å²) in [7, 11) is 3.29. The molecule has 1 aromatic carbocycles. The molecule has 1 aromatic heterocycles. The van der Waals surface area contributed by atoms with Crippen molar-refractivity contribution in [3.05, 3.63) is 42.2 Å². The second-order valence-electron chi connectivity index (χ2n) is 4.64. The number of alkyl halides is 1. The van der Waals surface area contributed by atoms with Gasteiger partial charge in [0.25, 0.3) is 0 Å². The molecule has 3 N–H and O–H groups in total. The molecule has 2 rings (SSSR count). The average molecular weight is 290 g/mol.